The van der Waals surface area contributed by atoms with Gasteiger partial charge in [-0.3, -0.25) is 4.90 Å². The molecule has 0 aliphatic carbocycles. The van der Waals surface area contributed by atoms with E-state index >= 15 is 0 Å². The van der Waals surface area contributed by atoms with Crippen LogP contribution in [-0.2, 0) is 11.9 Å². The van der Waals surface area contributed by atoms with Gasteiger partial charge in [0.15, 0.2) is 5.69 Å². The van der Waals surface area contributed by atoms with Crippen molar-refractivity contribution in [2.24, 2.45) is 12.2 Å². The van der Waals surface area contributed by atoms with Crippen molar-refractivity contribution in [2.45, 2.75) is 19.3 Å². The molecule has 0 saturated carbocycles. The number of nitro groups is 1. The van der Waals surface area contributed by atoms with Crippen molar-refractivity contribution in [2.75, 3.05) is 26.2 Å². The summed E-state index contributed by atoms with van der Waals surface area (Å²) in [5.41, 5.74) is 0.537. The van der Waals surface area contributed by atoms with Crippen LogP contribution in [0.4, 0.5) is 5.95 Å². The molecule has 2 heterocycles. The highest BCUT2D eigenvalue weighted by Gasteiger charge is 2.15. The molecule has 0 radical (unpaired) electrons. The molecule has 0 aromatic carbocycles. The summed E-state index contributed by atoms with van der Waals surface area (Å²) in [6, 6.07) is 0. The maximum atomic E-state index is 10.6. The number of hydrogen-bond acceptors (Lipinski definition) is 6. The summed E-state index contributed by atoms with van der Waals surface area (Å²) in [5.74, 6) is -0.209. The minimum atomic E-state index is -0.533. The van der Waals surface area contributed by atoms with Crippen molar-refractivity contribution in [3.8, 4) is 0 Å². The van der Waals surface area contributed by atoms with Crippen LogP contribution in [0.5, 0.6) is 0 Å². The third kappa shape index (κ3) is 3.77. The molecule has 0 unspecified atom stereocenters. The van der Waals surface area contributed by atoms with Gasteiger partial charge in [-0.05, 0) is 30.9 Å². The van der Waals surface area contributed by atoms with Crippen molar-refractivity contribution in [1.29, 1.82) is 0 Å². The summed E-state index contributed by atoms with van der Waals surface area (Å²) in [5, 5.41) is 14.5. The second-order valence-corrected chi connectivity index (χ2v) is 4.77. The Balaban J connectivity index is 1.74. The topological polar surface area (TPSA) is 85.8 Å². The lowest BCUT2D eigenvalue weighted by Crippen LogP contribution is -2.32. The summed E-state index contributed by atoms with van der Waals surface area (Å²) >= 11 is 0. The molecule has 0 atom stereocenters. The van der Waals surface area contributed by atoms with Crippen molar-refractivity contribution in [3.63, 3.8) is 0 Å². The second-order valence-electron chi connectivity index (χ2n) is 4.77. The lowest BCUT2D eigenvalue weighted by Gasteiger charge is -2.25. The summed E-state index contributed by atoms with van der Waals surface area (Å²) < 4.78 is 1.36. The Hall–Kier alpha value is -1.96. The summed E-state index contributed by atoms with van der Waals surface area (Å²) in [4.78, 5) is 21.3. The van der Waals surface area contributed by atoms with E-state index in [9.17, 15) is 10.1 Å². The zero-order valence-corrected chi connectivity index (χ0v) is 11.6. The molecule has 0 bridgehead atoms. The Morgan fingerprint density at radius 1 is 1.50 bits per heavy atom. The van der Waals surface area contributed by atoms with Crippen molar-refractivity contribution in [1.82, 2.24) is 14.5 Å². The monoisotopic (exact) mass is 281 g/mol. The molecule has 1 aliphatic rings. The lowest BCUT2D eigenvalue weighted by molar-refractivity contribution is -0.396. The smallest absolute Gasteiger partial charge is 0.394 e. The van der Waals surface area contributed by atoms with Crippen LogP contribution in [0, 0.1) is 10.1 Å². The van der Waals surface area contributed by atoms with Crippen LogP contribution in [0.2, 0.25) is 0 Å². The predicted octanol–water partition coefficient (Wildman–Crippen LogP) is 1.16. The number of piperidine rings is 1. The number of aromatic nitrogens is 2. The molecule has 110 valence electrons. The molecular formula is C12H19N5O3. The standard InChI is InChI=1S/C12H19N5O3/c1-15-11(9-13-12(15)17(18)19)10-14-20-8-7-16-5-3-2-4-6-16/h9-10H,2-8H2,1H3. The zero-order chi connectivity index (χ0) is 14.4. The van der Waals surface area contributed by atoms with Crippen LogP contribution in [-0.4, -0.2) is 51.8 Å². The molecule has 0 spiro atoms. The summed E-state index contributed by atoms with van der Waals surface area (Å²) in [7, 11) is 1.57. The third-order valence-electron chi connectivity index (χ3n) is 3.37. The number of likely N-dealkylation sites (tertiary alicyclic amines) is 1. The number of oxime groups is 1. The number of hydrogen-bond donors (Lipinski definition) is 0. The van der Waals surface area contributed by atoms with E-state index in [0.717, 1.165) is 19.6 Å². The predicted molar refractivity (Wildman–Crippen MR) is 73.7 cm³/mol. The molecular weight excluding hydrogens is 262 g/mol. The first-order chi connectivity index (χ1) is 9.68. The van der Waals surface area contributed by atoms with Gasteiger partial charge in [-0.2, -0.15) is 0 Å². The van der Waals surface area contributed by atoms with Gasteiger partial charge in [0.25, 0.3) is 0 Å². The van der Waals surface area contributed by atoms with E-state index in [1.807, 2.05) is 0 Å². The van der Waals surface area contributed by atoms with Crippen LogP contribution in [0.1, 0.15) is 25.0 Å². The molecule has 1 aliphatic heterocycles. The summed E-state index contributed by atoms with van der Waals surface area (Å²) in [6.07, 6.45) is 6.66. The minimum absolute atomic E-state index is 0.209. The van der Waals surface area contributed by atoms with Crippen LogP contribution in [0.3, 0.4) is 0 Å². The van der Waals surface area contributed by atoms with Crippen molar-refractivity contribution < 1.29 is 9.76 Å². The molecule has 1 aromatic rings. The van der Waals surface area contributed by atoms with Crippen LogP contribution in [0.25, 0.3) is 0 Å². The number of imidazole rings is 1. The normalized spacial score (nSPS) is 16.6. The second kappa shape index (κ2) is 6.99. The van der Waals surface area contributed by atoms with Gasteiger partial charge in [0, 0.05) is 6.54 Å². The number of nitrogens with zero attached hydrogens (tertiary/aromatic N) is 5. The van der Waals surface area contributed by atoms with Gasteiger partial charge < -0.3 is 15.0 Å². The SMILES string of the molecule is Cn1c(C=NOCCN2CCCCC2)cnc1[N+](=O)[O-]. The van der Waals surface area contributed by atoms with Gasteiger partial charge in [0.05, 0.1) is 7.05 Å². The largest absolute Gasteiger partial charge is 0.434 e. The Kier molecular flexibility index (Phi) is 5.05. The fourth-order valence-corrected chi connectivity index (χ4v) is 2.20. The third-order valence-corrected chi connectivity index (χ3v) is 3.37. The van der Waals surface area contributed by atoms with E-state index in [1.165, 1.54) is 36.2 Å². The molecule has 0 amide bonds. The van der Waals surface area contributed by atoms with Gasteiger partial charge in [-0.25, -0.2) is 4.57 Å². The maximum absolute atomic E-state index is 10.6. The molecule has 8 nitrogen and oxygen atoms in total. The molecule has 8 heteroatoms. The van der Waals surface area contributed by atoms with Gasteiger partial charge in [-0.15, -0.1) is 0 Å². The molecule has 2 rings (SSSR count). The molecule has 1 saturated heterocycles. The average molecular weight is 281 g/mol. The van der Waals surface area contributed by atoms with Crippen LogP contribution < -0.4 is 0 Å². The van der Waals surface area contributed by atoms with E-state index < -0.39 is 4.92 Å². The average Bonchev–Trinajstić information content (AvgIpc) is 2.81. The highest BCUT2D eigenvalue weighted by Crippen LogP contribution is 2.09. The highest BCUT2D eigenvalue weighted by molar-refractivity contribution is 5.77. The zero-order valence-electron chi connectivity index (χ0n) is 11.6. The fraction of sp³-hybridized carbons (Fsp3) is 0.667. The molecule has 1 aromatic heterocycles. The van der Waals surface area contributed by atoms with E-state index in [-0.39, 0.29) is 5.95 Å². The van der Waals surface area contributed by atoms with Crippen molar-refractivity contribution in [3.05, 3.63) is 22.0 Å². The highest BCUT2D eigenvalue weighted by atomic mass is 16.6. The molecule has 1 fully saturated rings. The Labute approximate surface area is 117 Å². The Morgan fingerprint density at radius 2 is 2.25 bits per heavy atom. The summed E-state index contributed by atoms with van der Waals surface area (Å²) in [6.45, 7) is 3.64. The van der Waals surface area contributed by atoms with Crippen LogP contribution >= 0.6 is 0 Å². The van der Waals surface area contributed by atoms with Gasteiger partial charge >= 0.3 is 5.95 Å². The van der Waals surface area contributed by atoms with Gasteiger partial charge in [0.1, 0.15) is 19.0 Å². The molecule has 20 heavy (non-hydrogen) atoms. The lowest BCUT2D eigenvalue weighted by atomic mass is 10.1. The van der Waals surface area contributed by atoms with E-state index in [2.05, 4.69) is 15.0 Å². The number of rotatable bonds is 6. The Bertz CT molecular complexity index is 479. The first kappa shape index (κ1) is 14.4. The van der Waals surface area contributed by atoms with Gasteiger partial charge in [0.2, 0.25) is 0 Å². The van der Waals surface area contributed by atoms with Crippen molar-refractivity contribution >= 4 is 12.2 Å². The minimum Gasteiger partial charge on any atom is -0.394 e. The molecule has 0 N–H and O–H groups in total. The van der Waals surface area contributed by atoms with Crippen LogP contribution in [0.15, 0.2) is 11.4 Å². The van der Waals surface area contributed by atoms with E-state index in [4.69, 9.17) is 4.84 Å². The van der Waals surface area contributed by atoms with E-state index in [1.54, 1.807) is 7.05 Å². The Morgan fingerprint density at radius 3 is 2.90 bits per heavy atom. The fourth-order valence-electron chi connectivity index (χ4n) is 2.20. The first-order valence-electron chi connectivity index (χ1n) is 6.72. The first-order valence-corrected chi connectivity index (χ1v) is 6.72. The quantitative estimate of drug-likeness (QED) is 0.338. The van der Waals surface area contributed by atoms with E-state index in [0.29, 0.717) is 12.3 Å². The maximum Gasteiger partial charge on any atom is 0.434 e. The van der Waals surface area contributed by atoms with Gasteiger partial charge in [-0.1, -0.05) is 16.6 Å².